The number of benzene rings is 1. The van der Waals surface area contributed by atoms with Crippen LogP contribution in [0.5, 0.6) is 5.75 Å². The monoisotopic (exact) mass is 415 g/mol. The number of aryl methyl sites for hydroxylation is 2. The van der Waals surface area contributed by atoms with Crippen molar-refractivity contribution >= 4 is 17.6 Å². The normalized spacial score (nSPS) is 12.4. The molecule has 7 heteroatoms. The zero-order valence-corrected chi connectivity index (χ0v) is 19.0. The maximum atomic E-state index is 12.3. The van der Waals surface area contributed by atoms with Crippen LogP contribution < -0.4 is 10.1 Å². The molecule has 1 atom stereocenters. The summed E-state index contributed by atoms with van der Waals surface area (Å²) in [5, 5.41) is 7.04. The van der Waals surface area contributed by atoms with Crippen molar-refractivity contribution in [3.05, 3.63) is 41.2 Å². The summed E-state index contributed by atoms with van der Waals surface area (Å²) in [5.74, 6) is -0.0342. The molecule has 164 valence electrons. The van der Waals surface area contributed by atoms with E-state index in [1.54, 1.807) is 11.6 Å². The van der Waals surface area contributed by atoms with Crippen molar-refractivity contribution in [3.8, 4) is 5.75 Å². The van der Waals surface area contributed by atoms with Gasteiger partial charge in [-0.3, -0.25) is 14.3 Å². The Morgan fingerprint density at radius 1 is 1.17 bits per heavy atom. The standard InChI is InChI=1S/C23H33N3O4/c1-15-21(16(2)26(7)25-15)24-22(28)17(3)30-20(27)9-8-14-29-19-12-10-18(11-13-19)23(4,5)6/h10-13,17H,8-9,14H2,1-7H3,(H,24,28)/t17-/m0/s1. The van der Waals surface area contributed by atoms with Crippen molar-refractivity contribution in [2.24, 2.45) is 7.05 Å². The minimum Gasteiger partial charge on any atom is -0.494 e. The predicted octanol–water partition coefficient (Wildman–Crippen LogP) is 4.06. The molecular weight excluding hydrogens is 382 g/mol. The van der Waals surface area contributed by atoms with E-state index < -0.39 is 12.1 Å². The van der Waals surface area contributed by atoms with Crippen LogP contribution >= 0.6 is 0 Å². The first-order chi connectivity index (χ1) is 14.0. The van der Waals surface area contributed by atoms with Gasteiger partial charge >= 0.3 is 5.97 Å². The third kappa shape index (κ3) is 6.34. The van der Waals surface area contributed by atoms with Crippen LogP contribution in [0, 0.1) is 13.8 Å². The van der Waals surface area contributed by atoms with Crippen LogP contribution in [0.1, 0.15) is 57.5 Å². The van der Waals surface area contributed by atoms with E-state index >= 15 is 0 Å². The molecule has 0 aliphatic carbocycles. The lowest BCUT2D eigenvalue weighted by molar-refractivity contribution is -0.153. The van der Waals surface area contributed by atoms with Gasteiger partial charge in [-0.15, -0.1) is 0 Å². The number of anilines is 1. The SMILES string of the molecule is Cc1nn(C)c(C)c1NC(=O)[C@H](C)OC(=O)CCCOc1ccc(C(C)(C)C)cc1. The fourth-order valence-corrected chi connectivity index (χ4v) is 2.95. The Hall–Kier alpha value is -2.83. The molecule has 2 rings (SSSR count). The van der Waals surface area contributed by atoms with Crippen LogP contribution in [0.25, 0.3) is 0 Å². The second-order valence-electron chi connectivity index (χ2n) is 8.52. The molecule has 0 saturated heterocycles. The third-order valence-electron chi connectivity index (χ3n) is 4.95. The molecule has 0 unspecified atom stereocenters. The summed E-state index contributed by atoms with van der Waals surface area (Å²) < 4.78 is 12.6. The van der Waals surface area contributed by atoms with Gasteiger partial charge in [-0.05, 0) is 50.3 Å². The number of aromatic nitrogens is 2. The fraction of sp³-hybridized carbons (Fsp3) is 0.522. The van der Waals surface area contributed by atoms with Crippen molar-refractivity contribution < 1.29 is 19.1 Å². The molecule has 30 heavy (non-hydrogen) atoms. The van der Waals surface area contributed by atoms with Crippen LogP contribution in [0.4, 0.5) is 5.69 Å². The Morgan fingerprint density at radius 2 is 1.80 bits per heavy atom. The Bertz CT molecular complexity index is 879. The summed E-state index contributed by atoms with van der Waals surface area (Å²) in [6.07, 6.45) is -0.195. The largest absolute Gasteiger partial charge is 0.494 e. The highest BCUT2D eigenvalue weighted by molar-refractivity contribution is 5.96. The van der Waals surface area contributed by atoms with Gasteiger partial charge in [0, 0.05) is 13.5 Å². The summed E-state index contributed by atoms with van der Waals surface area (Å²) in [7, 11) is 1.81. The number of nitrogens with zero attached hydrogens (tertiary/aromatic N) is 2. The van der Waals surface area contributed by atoms with Gasteiger partial charge < -0.3 is 14.8 Å². The van der Waals surface area contributed by atoms with Crippen LogP contribution in [0.3, 0.4) is 0 Å². The van der Waals surface area contributed by atoms with E-state index in [1.807, 2.05) is 33.0 Å². The number of hydrogen-bond donors (Lipinski definition) is 1. The molecule has 7 nitrogen and oxygen atoms in total. The highest BCUT2D eigenvalue weighted by atomic mass is 16.5. The lowest BCUT2D eigenvalue weighted by Gasteiger charge is -2.19. The second-order valence-corrected chi connectivity index (χ2v) is 8.52. The first-order valence-corrected chi connectivity index (χ1v) is 10.2. The van der Waals surface area contributed by atoms with Gasteiger partial charge in [-0.1, -0.05) is 32.9 Å². The van der Waals surface area contributed by atoms with E-state index in [0.29, 0.717) is 18.7 Å². The summed E-state index contributed by atoms with van der Waals surface area (Å²) in [6, 6.07) is 7.98. The smallest absolute Gasteiger partial charge is 0.306 e. The minimum atomic E-state index is -0.887. The van der Waals surface area contributed by atoms with Crippen LogP contribution in [-0.2, 0) is 26.8 Å². The maximum absolute atomic E-state index is 12.3. The van der Waals surface area contributed by atoms with E-state index in [4.69, 9.17) is 9.47 Å². The van der Waals surface area contributed by atoms with Crippen molar-refractivity contribution in [3.63, 3.8) is 0 Å². The summed E-state index contributed by atoms with van der Waals surface area (Å²) in [6.45, 7) is 12.1. The van der Waals surface area contributed by atoms with Gasteiger partial charge in [-0.2, -0.15) is 5.10 Å². The lowest BCUT2D eigenvalue weighted by atomic mass is 9.87. The molecule has 1 heterocycles. The predicted molar refractivity (Wildman–Crippen MR) is 117 cm³/mol. The second kappa shape index (κ2) is 9.78. The molecular formula is C23H33N3O4. The number of nitrogens with one attached hydrogen (secondary N) is 1. The molecule has 1 N–H and O–H groups in total. The van der Waals surface area contributed by atoms with Gasteiger partial charge in [0.05, 0.1) is 23.7 Å². The number of ether oxygens (including phenoxy) is 2. The van der Waals surface area contributed by atoms with Crippen LogP contribution in [-0.4, -0.2) is 34.4 Å². The van der Waals surface area contributed by atoms with E-state index in [2.05, 4.69) is 43.3 Å². The first kappa shape index (κ1) is 23.4. The van der Waals surface area contributed by atoms with Gasteiger partial charge in [-0.25, -0.2) is 0 Å². The lowest BCUT2D eigenvalue weighted by Crippen LogP contribution is -2.30. The summed E-state index contributed by atoms with van der Waals surface area (Å²) >= 11 is 0. The summed E-state index contributed by atoms with van der Waals surface area (Å²) in [4.78, 5) is 24.4. The Balaban J connectivity index is 1.73. The number of carbonyl (C=O) groups is 2. The van der Waals surface area contributed by atoms with E-state index in [9.17, 15) is 9.59 Å². The number of carbonyl (C=O) groups excluding carboxylic acids is 2. The molecule has 0 spiro atoms. The van der Waals surface area contributed by atoms with Crippen molar-refractivity contribution in [2.75, 3.05) is 11.9 Å². The Labute approximate surface area is 178 Å². The van der Waals surface area contributed by atoms with Crippen molar-refractivity contribution in [1.82, 2.24) is 9.78 Å². The number of rotatable bonds is 8. The average molecular weight is 416 g/mol. The Morgan fingerprint density at radius 3 is 2.33 bits per heavy atom. The molecule has 0 saturated carbocycles. The van der Waals surface area contributed by atoms with E-state index in [1.165, 1.54) is 5.56 Å². The maximum Gasteiger partial charge on any atom is 0.306 e. The van der Waals surface area contributed by atoms with Gasteiger partial charge in [0.15, 0.2) is 6.10 Å². The molecule has 0 aliphatic rings. The van der Waals surface area contributed by atoms with Crippen molar-refractivity contribution in [2.45, 2.75) is 65.9 Å². The zero-order chi connectivity index (χ0) is 22.5. The molecule has 1 aromatic heterocycles. The van der Waals surface area contributed by atoms with Crippen molar-refractivity contribution in [1.29, 1.82) is 0 Å². The molecule has 1 amide bonds. The molecule has 2 aromatic rings. The summed E-state index contributed by atoms with van der Waals surface area (Å²) in [5.41, 5.74) is 3.54. The minimum absolute atomic E-state index is 0.0969. The van der Waals surface area contributed by atoms with E-state index in [-0.39, 0.29) is 17.7 Å². The topological polar surface area (TPSA) is 82.5 Å². The number of hydrogen-bond acceptors (Lipinski definition) is 5. The fourth-order valence-electron chi connectivity index (χ4n) is 2.95. The zero-order valence-electron chi connectivity index (χ0n) is 19.0. The average Bonchev–Trinajstić information content (AvgIpc) is 2.91. The molecule has 0 aliphatic heterocycles. The van der Waals surface area contributed by atoms with E-state index in [0.717, 1.165) is 17.1 Å². The number of esters is 1. The van der Waals surface area contributed by atoms with Gasteiger partial charge in [0.2, 0.25) is 0 Å². The number of amides is 1. The third-order valence-corrected chi connectivity index (χ3v) is 4.95. The first-order valence-electron chi connectivity index (χ1n) is 10.2. The highest BCUT2D eigenvalue weighted by Gasteiger charge is 2.20. The van der Waals surface area contributed by atoms with Crippen LogP contribution in [0.2, 0.25) is 0 Å². The molecule has 0 bridgehead atoms. The van der Waals surface area contributed by atoms with Gasteiger partial charge in [0.25, 0.3) is 5.91 Å². The molecule has 1 aromatic carbocycles. The Kier molecular flexibility index (Phi) is 7.65. The van der Waals surface area contributed by atoms with Crippen LogP contribution in [0.15, 0.2) is 24.3 Å². The molecule has 0 fully saturated rings. The highest BCUT2D eigenvalue weighted by Crippen LogP contribution is 2.24. The molecule has 0 radical (unpaired) electrons. The quantitative estimate of drug-likeness (QED) is 0.519. The van der Waals surface area contributed by atoms with Gasteiger partial charge in [0.1, 0.15) is 5.75 Å².